The first-order chi connectivity index (χ1) is 22.2. The van der Waals surface area contributed by atoms with E-state index in [0.717, 1.165) is 43.4 Å². The summed E-state index contributed by atoms with van der Waals surface area (Å²) in [5, 5.41) is 0. The van der Waals surface area contributed by atoms with E-state index in [1.807, 2.05) is 0 Å². The number of benzene rings is 3. The van der Waals surface area contributed by atoms with Gasteiger partial charge in [-0.1, -0.05) is 13.3 Å². The van der Waals surface area contributed by atoms with Gasteiger partial charge in [-0.2, -0.15) is 0 Å². The molecule has 1 aliphatic heterocycles. The van der Waals surface area contributed by atoms with Crippen molar-refractivity contribution in [3.05, 3.63) is 76.6 Å². The molecule has 1 aliphatic rings. The molecule has 0 aliphatic carbocycles. The number of ether oxygens (including phenoxy) is 3. The molecule has 3 aromatic rings. The van der Waals surface area contributed by atoms with Crippen LogP contribution >= 0.6 is 0 Å². The van der Waals surface area contributed by atoms with E-state index in [0.29, 0.717) is 24.7 Å². The van der Waals surface area contributed by atoms with Crippen molar-refractivity contribution >= 4 is 0 Å². The second-order valence-corrected chi connectivity index (χ2v) is 10.6. The van der Waals surface area contributed by atoms with E-state index >= 15 is 0 Å². The van der Waals surface area contributed by atoms with Gasteiger partial charge in [-0.25, -0.2) is 26.3 Å². The molecular weight excluding hydrogens is 631 g/mol. The average Bonchev–Trinajstić information content (AvgIpc) is 3.04. The van der Waals surface area contributed by atoms with Gasteiger partial charge < -0.3 is 14.2 Å². The molecule has 0 N–H and O–H groups in total. The van der Waals surface area contributed by atoms with Crippen LogP contribution in [0.4, 0.5) is 39.6 Å². The van der Waals surface area contributed by atoms with Crippen LogP contribution in [0.25, 0.3) is 11.1 Å². The Balaban J connectivity index is 0.000000441. The molecule has 1 unspecified atom stereocenters. The van der Waals surface area contributed by atoms with Gasteiger partial charge >= 0.3 is 0 Å². The SMILES string of the molecule is CCC[C@@H]1CCC(c2cc(OCCCF)c(-c3cc(F)c(CF)c(F)c3)c(OCCCF)c2)OC1.FOc1cc(F)c(F)c(F)c1. The molecule has 1 saturated heterocycles. The molecule has 4 nitrogen and oxygen atoms in total. The van der Waals surface area contributed by atoms with Crippen LogP contribution in [0.1, 0.15) is 62.7 Å². The summed E-state index contributed by atoms with van der Waals surface area (Å²) in [6.07, 6.45) is 3.98. The minimum Gasteiger partial charge on any atom is -0.493 e. The Kier molecular flexibility index (Phi) is 14.8. The molecule has 46 heavy (non-hydrogen) atoms. The molecule has 13 heteroatoms. The zero-order chi connectivity index (χ0) is 33.6. The monoisotopic (exact) mass is 666 g/mol. The highest BCUT2D eigenvalue weighted by atomic mass is 19.3. The first kappa shape index (κ1) is 36.9. The zero-order valence-electron chi connectivity index (χ0n) is 25.1. The van der Waals surface area contributed by atoms with Gasteiger partial charge in [0.2, 0.25) is 0 Å². The normalized spacial score (nSPS) is 16.0. The molecule has 3 aromatic carbocycles. The van der Waals surface area contributed by atoms with Gasteiger partial charge in [0.05, 0.1) is 50.4 Å². The summed E-state index contributed by atoms with van der Waals surface area (Å²) in [5.74, 6) is -6.41. The molecule has 0 aromatic heterocycles. The molecule has 0 saturated carbocycles. The van der Waals surface area contributed by atoms with Crippen LogP contribution in [0.3, 0.4) is 0 Å². The van der Waals surface area contributed by atoms with Crippen LogP contribution in [0.15, 0.2) is 36.4 Å². The lowest BCUT2D eigenvalue weighted by atomic mass is 9.90. The molecule has 1 fully saturated rings. The number of halogens is 9. The fourth-order valence-corrected chi connectivity index (χ4v) is 4.94. The molecule has 0 bridgehead atoms. The molecule has 0 radical (unpaired) electrons. The van der Waals surface area contributed by atoms with Crippen LogP contribution in [-0.2, 0) is 11.4 Å². The third-order valence-corrected chi connectivity index (χ3v) is 7.21. The van der Waals surface area contributed by atoms with E-state index < -0.39 is 60.4 Å². The zero-order valence-corrected chi connectivity index (χ0v) is 25.1. The van der Waals surface area contributed by atoms with Gasteiger partial charge in [0.1, 0.15) is 29.8 Å². The lowest BCUT2D eigenvalue weighted by molar-refractivity contribution is -0.0196. The summed E-state index contributed by atoms with van der Waals surface area (Å²) in [4.78, 5) is 2.98. The van der Waals surface area contributed by atoms with Gasteiger partial charge in [-0.05, 0) is 60.6 Å². The van der Waals surface area contributed by atoms with Crippen molar-refractivity contribution in [3.63, 3.8) is 0 Å². The third-order valence-electron chi connectivity index (χ3n) is 7.21. The molecule has 254 valence electrons. The summed E-state index contributed by atoms with van der Waals surface area (Å²) in [6, 6.07) is 6.28. The summed E-state index contributed by atoms with van der Waals surface area (Å²) < 4.78 is 133. The molecule has 4 rings (SSSR count). The minimum absolute atomic E-state index is 0.0362. The summed E-state index contributed by atoms with van der Waals surface area (Å²) in [7, 11) is 0. The second-order valence-electron chi connectivity index (χ2n) is 10.6. The van der Waals surface area contributed by atoms with Crippen molar-refractivity contribution < 1.29 is 58.8 Å². The van der Waals surface area contributed by atoms with Gasteiger partial charge in [0.15, 0.2) is 23.2 Å². The third kappa shape index (κ3) is 9.94. The van der Waals surface area contributed by atoms with E-state index in [4.69, 9.17) is 14.2 Å². The quantitative estimate of drug-likeness (QED) is 0.0975. The Labute approximate surface area is 261 Å². The van der Waals surface area contributed by atoms with Gasteiger partial charge in [-0.15, -0.1) is 0 Å². The van der Waals surface area contributed by atoms with Crippen molar-refractivity contribution in [2.45, 2.75) is 58.2 Å². The van der Waals surface area contributed by atoms with Crippen molar-refractivity contribution in [2.75, 3.05) is 33.2 Å². The van der Waals surface area contributed by atoms with Crippen molar-refractivity contribution in [3.8, 4) is 28.4 Å². The van der Waals surface area contributed by atoms with E-state index in [1.165, 1.54) is 0 Å². The Morgan fingerprint density at radius 1 is 0.761 bits per heavy atom. The van der Waals surface area contributed by atoms with E-state index in [2.05, 4.69) is 11.9 Å². The maximum atomic E-state index is 14.5. The maximum absolute atomic E-state index is 14.5. The van der Waals surface area contributed by atoms with Crippen LogP contribution in [0, 0.1) is 35.0 Å². The molecule has 1 heterocycles. The highest BCUT2D eigenvalue weighted by Crippen LogP contribution is 2.44. The standard InChI is InChI=1S/C27H33F5O3.C6H2F4O/c1-2-5-18-6-7-24(35-17-18)19-14-25(33-10-3-8-28)27(26(15-19)34-11-4-9-29)20-12-22(31)21(16-30)23(32)13-20;7-4-1-3(11-10)2-5(8)6(4)9/h12-15,18,24H,2-11,16-17H2,1H3;1-2H/t18-,24?;/m1./s1. The number of hydrogen-bond acceptors (Lipinski definition) is 4. The summed E-state index contributed by atoms with van der Waals surface area (Å²) >= 11 is 0. The second kappa shape index (κ2) is 18.5. The number of rotatable bonds is 14. The largest absolute Gasteiger partial charge is 0.493 e. The Hall–Kier alpha value is -3.61. The van der Waals surface area contributed by atoms with Gasteiger partial charge in [0, 0.05) is 29.5 Å². The van der Waals surface area contributed by atoms with E-state index in [1.54, 1.807) is 12.1 Å². The first-order valence-corrected chi connectivity index (χ1v) is 14.8. The van der Waals surface area contributed by atoms with E-state index in [9.17, 15) is 39.6 Å². The van der Waals surface area contributed by atoms with E-state index in [-0.39, 0.29) is 54.8 Å². The number of hydrogen-bond donors (Lipinski definition) is 0. The van der Waals surface area contributed by atoms with Crippen LogP contribution in [-0.4, -0.2) is 33.2 Å². The van der Waals surface area contributed by atoms with Crippen molar-refractivity contribution in [1.82, 2.24) is 0 Å². The van der Waals surface area contributed by atoms with Crippen molar-refractivity contribution in [2.24, 2.45) is 5.92 Å². The maximum Gasteiger partial charge on any atom is 0.194 e. The van der Waals surface area contributed by atoms with Crippen molar-refractivity contribution in [1.29, 1.82) is 0 Å². The Morgan fingerprint density at radius 3 is 1.76 bits per heavy atom. The average molecular weight is 667 g/mol. The molecular formula is C33H35F9O4. The Bertz CT molecular complexity index is 1320. The first-order valence-electron chi connectivity index (χ1n) is 14.8. The predicted octanol–water partition coefficient (Wildman–Crippen LogP) is 10.2. The summed E-state index contributed by atoms with van der Waals surface area (Å²) in [5.41, 5.74) is 0.425. The predicted molar refractivity (Wildman–Crippen MR) is 153 cm³/mol. The lowest BCUT2D eigenvalue weighted by Gasteiger charge is -2.30. The Morgan fingerprint density at radius 2 is 1.33 bits per heavy atom. The van der Waals surface area contributed by atoms with Crippen LogP contribution < -0.4 is 14.4 Å². The summed E-state index contributed by atoms with van der Waals surface area (Å²) in [6.45, 7) is 0.371. The molecule has 0 spiro atoms. The minimum atomic E-state index is -1.65. The molecule has 0 amide bonds. The highest BCUT2D eigenvalue weighted by Gasteiger charge is 2.26. The van der Waals surface area contributed by atoms with Gasteiger partial charge in [0.25, 0.3) is 0 Å². The smallest absolute Gasteiger partial charge is 0.194 e. The fourth-order valence-electron chi connectivity index (χ4n) is 4.94. The van der Waals surface area contributed by atoms with Crippen LogP contribution in [0.5, 0.6) is 17.2 Å². The lowest BCUT2D eigenvalue weighted by Crippen LogP contribution is -2.20. The number of alkyl halides is 3. The van der Waals surface area contributed by atoms with Gasteiger partial charge in [-0.3, -0.25) is 13.7 Å². The topological polar surface area (TPSA) is 36.9 Å². The fraction of sp³-hybridized carbons (Fsp3) is 0.455. The highest BCUT2D eigenvalue weighted by molar-refractivity contribution is 5.78. The van der Waals surface area contributed by atoms with Crippen LogP contribution in [0.2, 0.25) is 0 Å². The molecule has 2 atom stereocenters.